The maximum atomic E-state index is 13.2. The maximum absolute atomic E-state index is 13.2. The fourth-order valence-corrected chi connectivity index (χ4v) is 3.69. The SMILES string of the molecule is NC(=O)COc1ccc([C@@H]2c3c(oc4ccccc4c3=O)C(=O)N2CCCO)cc1. The number of hydrogen-bond acceptors (Lipinski definition) is 6. The first-order valence-electron chi connectivity index (χ1n) is 9.50. The van der Waals surface area contributed by atoms with Crippen LogP contribution in [0.5, 0.6) is 5.75 Å². The largest absolute Gasteiger partial charge is 0.484 e. The van der Waals surface area contributed by atoms with Crippen molar-refractivity contribution in [3.05, 3.63) is 75.6 Å². The molecule has 154 valence electrons. The zero-order chi connectivity index (χ0) is 21.3. The first kappa shape index (κ1) is 19.7. The Labute approximate surface area is 171 Å². The quantitative estimate of drug-likeness (QED) is 0.612. The lowest BCUT2D eigenvalue weighted by Crippen LogP contribution is -2.31. The van der Waals surface area contributed by atoms with Crippen LogP contribution in [-0.4, -0.2) is 41.6 Å². The molecule has 1 aromatic heterocycles. The summed E-state index contributed by atoms with van der Waals surface area (Å²) in [5.41, 5.74) is 6.16. The Morgan fingerprint density at radius 2 is 1.87 bits per heavy atom. The van der Waals surface area contributed by atoms with Crippen LogP contribution in [0.1, 0.15) is 34.1 Å². The first-order valence-corrected chi connectivity index (χ1v) is 9.50. The van der Waals surface area contributed by atoms with Gasteiger partial charge < -0.3 is 24.9 Å². The Balaban J connectivity index is 1.80. The second-order valence-corrected chi connectivity index (χ2v) is 6.97. The minimum absolute atomic E-state index is 0.0238. The van der Waals surface area contributed by atoms with E-state index in [1.54, 1.807) is 48.5 Å². The van der Waals surface area contributed by atoms with Gasteiger partial charge in [0.1, 0.15) is 11.3 Å². The van der Waals surface area contributed by atoms with Gasteiger partial charge in [0.25, 0.3) is 11.8 Å². The molecule has 0 radical (unpaired) electrons. The highest BCUT2D eigenvalue weighted by molar-refractivity contribution is 5.99. The highest BCUT2D eigenvalue weighted by Gasteiger charge is 2.42. The molecule has 3 aromatic rings. The predicted octanol–water partition coefficient (Wildman–Crippen LogP) is 1.58. The standard InChI is InChI=1S/C22H20N2O6/c23-17(26)12-29-14-8-6-13(7-9-14)19-18-20(27)15-4-1-2-5-16(15)30-21(18)22(28)24(19)10-3-11-25/h1-2,4-9,19,25H,3,10-12H2,(H2,23,26)/t19-/m1/s1. The summed E-state index contributed by atoms with van der Waals surface area (Å²) in [7, 11) is 0. The first-order chi connectivity index (χ1) is 14.5. The van der Waals surface area contributed by atoms with Crippen LogP contribution in [-0.2, 0) is 4.79 Å². The molecule has 0 unspecified atom stereocenters. The number of rotatable bonds is 7. The van der Waals surface area contributed by atoms with Gasteiger partial charge in [-0.05, 0) is 36.2 Å². The van der Waals surface area contributed by atoms with E-state index in [-0.39, 0.29) is 42.4 Å². The number of primary amides is 1. The molecule has 3 N–H and O–H groups in total. The fourth-order valence-electron chi connectivity index (χ4n) is 3.69. The van der Waals surface area contributed by atoms with E-state index in [0.717, 1.165) is 0 Å². The number of benzene rings is 2. The van der Waals surface area contributed by atoms with E-state index in [2.05, 4.69) is 0 Å². The second-order valence-electron chi connectivity index (χ2n) is 6.97. The van der Waals surface area contributed by atoms with Gasteiger partial charge >= 0.3 is 0 Å². The molecule has 0 spiro atoms. The highest BCUT2D eigenvalue weighted by atomic mass is 16.5. The van der Waals surface area contributed by atoms with Gasteiger partial charge in [0.05, 0.1) is 17.0 Å². The van der Waals surface area contributed by atoms with Gasteiger partial charge in [0.15, 0.2) is 12.0 Å². The number of hydrogen-bond donors (Lipinski definition) is 2. The summed E-state index contributed by atoms with van der Waals surface area (Å²) in [5.74, 6) is -0.514. The van der Waals surface area contributed by atoms with Crippen LogP contribution >= 0.6 is 0 Å². The molecule has 0 saturated heterocycles. The number of nitrogens with zero attached hydrogens (tertiary/aromatic N) is 1. The Hall–Kier alpha value is -3.65. The lowest BCUT2D eigenvalue weighted by Gasteiger charge is -2.25. The fraction of sp³-hybridized carbons (Fsp3) is 0.227. The smallest absolute Gasteiger partial charge is 0.290 e. The van der Waals surface area contributed by atoms with E-state index in [1.165, 1.54) is 4.90 Å². The normalized spacial score (nSPS) is 15.4. The molecule has 1 aliphatic rings. The van der Waals surface area contributed by atoms with E-state index < -0.39 is 11.9 Å². The number of para-hydroxylation sites is 1. The number of aliphatic hydroxyl groups is 1. The van der Waals surface area contributed by atoms with Gasteiger partial charge in [0.2, 0.25) is 5.76 Å². The van der Waals surface area contributed by atoms with E-state index in [9.17, 15) is 19.5 Å². The minimum atomic E-state index is -0.648. The Kier molecular flexibility index (Phi) is 5.24. The third kappa shape index (κ3) is 3.42. The maximum Gasteiger partial charge on any atom is 0.290 e. The van der Waals surface area contributed by atoms with Gasteiger partial charge in [-0.2, -0.15) is 0 Å². The average Bonchev–Trinajstić information content (AvgIpc) is 3.03. The van der Waals surface area contributed by atoms with Crippen molar-refractivity contribution in [1.82, 2.24) is 4.90 Å². The van der Waals surface area contributed by atoms with E-state index in [0.29, 0.717) is 28.7 Å². The highest BCUT2D eigenvalue weighted by Crippen LogP contribution is 2.38. The van der Waals surface area contributed by atoms with E-state index in [1.807, 2.05) is 0 Å². The molecule has 2 heterocycles. The molecule has 0 bridgehead atoms. The number of ether oxygens (including phenoxy) is 1. The Morgan fingerprint density at radius 3 is 2.57 bits per heavy atom. The van der Waals surface area contributed by atoms with Crippen molar-refractivity contribution in [1.29, 1.82) is 0 Å². The Morgan fingerprint density at radius 1 is 1.13 bits per heavy atom. The van der Waals surface area contributed by atoms with Crippen molar-refractivity contribution in [2.75, 3.05) is 19.8 Å². The number of carbonyl (C=O) groups excluding carboxylic acids is 2. The predicted molar refractivity (Wildman–Crippen MR) is 108 cm³/mol. The number of nitrogens with two attached hydrogens (primary N) is 1. The molecule has 2 amide bonds. The summed E-state index contributed by atoms with van der Waals surface area (Å²) in [4.78, 5) is 38.7. The molecule has 8 heteroatoms. The molecular formula is C22H20N2O6. The third-order valence-electron chi connectivity index (χ3n) is 5.01. The van der Waals surface area contributed by atoms with Crippen molar-refractivity contribution in [3.8, 4) is 5.75 Å². The minimum Gasteiger partial charge on any atom is -0.484 e. The summed E-state index contributed by atoms with van der Waals surface area (Å²) >= 11 is 0. The van der Waals surface area contributed by atoms with Gasteiger partial charge in [-0.3, -0.25) is 14.4 Å². The zero-order valence-corrected chi connectivity index (χ0v) is 16.0. The molecule has 0 aliphatic carbocycles. The third-order valence-corrected chi connectivity index (χ3v) is 5.01. The molecule has 1 atom stereocenters. The molecule has 30 heavy (non-hydrogen) atoms. The summed E-state index contributed by atoms with van der Waals surface area (Å²) in [6, 6.07) is 12.9. The lowest BCUT2D eigenvalue weighted by atomic mass is 9.98. The number of carbonyl (C=O) groups is 2. The van der Waals surface area contributed by atoms with Crippen LogP contribution in [0.3, 0.4) is 0 Å². The number of aliphatic hydroxyl groups excluding tert-OH is 1. The average molecular weight is 408 g/mol. The second kappa shape index (κ2) is 8.00. The molecule has 0 saturated carbocycles. The zero-order valence-electron chi connectivity index (χ0n) is 16.0. The topological polar surface area (TPSA) is 123 Å². The molecule has 0 fully saturated rings. The van der Waals surface area contributed by atoms with Crippen molar-refractivity contribution >= 4 is 22.8 Å². The molecule has 4 rings (SSSR count). The number of fused-ring (bicyclic) bond motifs is 2. The summed E-state index contributed by atoms with van der Waals surface area (Å²) in [6.07, 6.45) is 0.365. The van der Waals surface area contributed by atoms with E-state index in [4.69, 9.17) is 14.9 Å². The summed E-state index contributed by atoms with van der Waals surface area (Å²) in [6.45, 7) is -0.0711. The van der Waals surface area contributed by atoms with Crippen LogP contribution in [0.25, 0.3) is 11.0 Å². The molecular weight excluding hydrogens is 388 g/mol. The van der Waals surface area contributed by atoms with Gasteiger partial charge in [-0.25, -0.2) is 0 Å². The van der Waals surface area contributed by atoms with Crippen LogP contribution in [0.2, 0.25) is 0 Å². The molecule has 2 aromatic carbocycles. The van der Waals surface area contributed by atoms with Crippen molar-refractivity contribution < 1.29 is 23.8 Å². The van der Waals surface area contributed by atoms with Crippen LogP contribution in [0, 0.1) is 0 Å². The van der Waals surface area contributed by atoms with Gasteiger partial charge in [-0.15, -0.1) is 0 Å². The van der Waals surface area contributed by atoms with Gasteiger partial charge in [0, 0.05) is 13.2 Å². The van der Waals surface area contributed by atoms with Crippen molar-refractivity contribution in [3.63, 3.8) is 0 Å². The van der Waals surface area contributed by atoms with Crippen LogP contribution in [0.4, 0.5) is 0 Å². The van der Waals surface area contributed by atoms with Crippen molar-refractivity contribution in [2.45, 2.75) is 12.5 Å². The molecule has 8 nitrogen and oxygen atoms in total. The molecule has 1 aliphatic heterocycles. The summed E-state index contributed by atoms with van der Waals surface area (Å²) in [5, 5.41) is 9.66. The Bertz CT molecular complexity index is 1170. The van der Waals surface area contributed by atoms with Crippen molar-refractivity contribution in [2.24, 2.45) is 5.73 Å². The van der Waals surface area contributed by atoms with Gasteiger partial charge in [-0.1, -0.05) is 24.3 Å². The van der Waals surface area contributed by atoms with E-state index >= 15 is 0 Å². The summed E-state index contributed by atoms with van der Waals surface area (Å²) < 4.78 is 11.1. The lowest BCUT2D eigenvalue weighted by molar-refractivity contribution is -0.119. The number of amides is 2. The van der Waals surface area contributed by atoms with Crippen LogP contribution in [0.15, 0.2) is 57.7 Å². The van der Waals surface area contributed by atoms with Crippen LogP contribution < -0.4 is 15.9 Å². The monoisotopic (exact) mass is 408 g/mol.